The van der Waals surface area contributed by atoms with E-state index in [-0.39, 0.29) is 41.2 Å². The molecule has 0 aliphatic heterocycles. The molecule has 1 unspecified atom stereocenters. The van der Waals surface area contributed by atoms with Gasteiger partial charge < -0.3 is 10.2 Å². The lowest BCUT2D eigenvalue weighted by atomic mass is 9.94. The van der Waals surface area contributed by atoms with Crippen LogP contribution in [0.15, 0.2) is 114 Å². The van der Waals surface area contributed by atoms with Crippen LogP contribution >= 0.6 is 11.6 Å². The number of hydrogen-bond acceptors (Lipinski definition) is 6. The van der Waals surface area contributed by atoms with E-state index in [1.165, 1.54) is 35.2 Å². The second-order valence-electron chi connectivity index (χ2n) is 11.8. The number of amides is 2. The van der Waals surface area contributed by atoms with Gasteiger partial charge in [-0.2, -0.15) is 0 Å². The molecule has 48 heavy (non-hydrogen) atoms. The van der Waals surface area contributed by atoms with Crippen molar-refractivity contribution in [3.8, 4) is 0 Å². The molecule has 12 heteroatoms. The summed E-state index contributed by atoms with van der Waals surface area (Å²) in [4.78, 5) is 41.1. The van der Waals surface area contributed by atoms with Gasteiger partial charge in [0.1, 0.15) is 12.6 Å². The molecule has 10 nitrogen and oxygen atoms in total. The first-order chi connectivity index (χ1) is 23.1. The second kappa shape index (κ2) is 15.9. The Kier molecular flexibility index (Phi) is 11.5. The molecule has 1 aliphatic carbocycles. The molecule has 1 aliphatic rings. The first-order valence-corrected chi connectivity index (χ1v) is 17.6. The van der Waals surface area contributed by atoms with Crippen molar-refractivity contribution in [2.45, 2.75) is 62.0 Å². The van der Waals surface area contributed by atoms with Crippen LogP contribution in [0.4, 0.5) is 11.4 Å². The van der Waals surface area contributed by atoms with Gasteiger partial charge in [-0.05, 0) is 54.3 Å². The molecule has 0 radical (unpaired) electrons. The van der Waals surface area contributed by atoms with Crippen LogP contribution in [-0.2, 0) is 32.6 Å². The Morgan fingerprint density at radius 1 is 0.854 bits per heavy atom. The largest absolute Gasteiger partial charge is 0.352 e. The average Bonchev–Trinajstić information content (AvgIpc) is 3.10. The minimum Gasteiger partial charge on any atom is -0.352 e. The summed E-state index contributed by atoms with van der Waals surface area (Å²) in [5.74, 6) is -0.989. The lowest BCUT2D eigenvalue weighted by Crippen LogP contribution is -2.55. The molecule has 4 aromatic carbocycles. The first-order valence-electron chi connectivity index (χ1n) is 15.8. The van der Waals surface area contributed by atoms with Gasteiger partial charge in [0.05, 0.1) is 15.5 Å². The number of carbonyl (C=O) groups is 2. The number of rotatable bonds is 13. The minimum atomic E-state index is -4.39. The maximum Gasteiger partial charge on any atom is 0.271 e. The van der Waals surface area contributed by atoms with E-state index in [4.69, 9.17) is 11.6 Å². The molecule has 1 atom stereocenters. The maximum absolute atomic E-state index is 14.6. The van der Waals surface area contributed by atoms with Crippen LogP contribution in [0.2, 0.25) is 5.02 Å². The van der Waals surface area contributed by atoms with Gasteiger partial charge in [-0.3, -0.25) is 24.0 Å². The van der Waals surface area contributed by atoms with E-state index in [0.717, 1.165) is 48.0 Å². The Morgan fingerprint density at radius 2 is 1.50 bits per heavy atom. The van der Waals surface area contributed by atoms with Crippen molar-refractivity contribution >= 4 is 44.8 Å². The molecule has 1 saturated carbocycles. The number of nitro benzene ring substituents is 1. The molecule has 0 aromatic heterocycles. The highest BCUT2D eigenvalue weighted by Gasteiger charge is 2.35. The van der Waals surface area contributed by atoms with Crippen molar-refractivity contribution < 1.29 is 22.9 Å². The Morgan fingerprint density at radius 3 is 2.15 bits per heavy atom. The zero-order chi connectivity index (χ0) is 34.1. The summed E-state index contributed by atoms with van der Waals surface area (Å²) < 4.78 is 29.1. The molecule has 4 aromatic rings. The number of nitrogens with one attached hydrogen (secondary N) is 1. The number of non-ortho nitro benzene ring substituents is 1. The summed E-state index contributed by atoms with van der Waals surface area (Å²) in [6.45, 7) is -0.728. The third kappa shape index (κ3) is 8.78. The predicted octanol–water partition coefficient (Wildman–Crippen LogP) is 6.53. The summed E-state index contributed by atoms with van der Waals surface area (Å²) in [7, 11) is -4.39. The molecule has 0 heterocycles. The SMILES string of the molecule is O=C(NC1CCCCC1)C(Cc1ccccc1)N(Cc1ccc(Cl)cc1)C(=O)CN(c1cccc([N+](=O)[O-])c1)S(=O)(=O)c1ccccc1. The predicted molar refractivity (Wildman–Crippen MR) is 185 cm³/mol. The van der Waals surface area contributed by atoms with Crippen molar-refractivity contribution in [3.05, 3.63) is 135 Å². The van der Waals surface area contributed by atoms with E-state index in [2.05, 4.69) is 5.32 Å². The number of benzene rings is 4. The fourth-order valence-electron chi connectivity index (χ4n) is 5.89. The lowest BCUT2D eigenvalue weighted by Gasteiger charge is -2.35. The van der Waals surface area contributed by atoms with Gasteiger partial charge in [-0.1, -0.05) is 97.6 Å². The normalized spacial score (nSPS) is 14.1. The lowest BCUT2D eigenvalue weighted by molar-refractivity contribution is -0.384. The van der Waals surface area contributed by atoms with Gasteiger partial charge >= 0.3 is 0 Å². The molecule has 1 fully saturated rings. The number of nitrogens with zero attached hydrogens (tertiary/aromatic N) is 3. The van der Waals surface area contributed by atoms with Crippen LogP contribution < -0.4 is 9.62 Å². The standard InChI is InChI=1S/C36H37ClN4O6S/c37-29-21-19-28(20-22-29)25-39(34(23-27-11-4-1-5-12-27)36(43)38-30-13-6-2-7-14-30)35(42)26-40(31-15-10-16-32(24-31)41(44)45)48(46,47)33-17-8-3-9-18-33/h1,3-5,8-12,15-22,24,30,34H,2,6-7,13-14,23,25-26H2,(H,38,43). The van der Waals surface area contributed by atoms with Gasteiger partial charge in [-0.15, -0.1) is 0 Å². The summed E-state index contributed by atoms with van der Waals surface area (Å²) in [5.41, 5.74) is 1.12. The molecule has 1 N–H and O–H groups in total. The van der Waals surface area contributed by atoms with Crippen LogP contribution in [0.1, 0.15) is 43.2 Å². The van der Waals surface area contributed by atoms with Crippen LogP contribution in [0.3, 0.4) is 0 Å². The summed E-state index contributed by atoms with van der Waals surface area (Å²) in [5, 5.41) is 15.3. The molecule has 0 saturated heterocycles. The fraction of sp³-hybridized carbons (Fsp3) is 0.278. The minimum absolute atomic E-state index is 0.0141. The average molecular weight is 689 g/mol. The van der Waals surface area contributed by atoms with E-state index in [1.807, 2.05) is 30.3 Å². The zero-order valence-electron chi connectivity index (χ0n) is 26.3. The summed E-state index contributed by atoms with van der Waals surface area (Å²) in [6.07, 6.45) is 4.95. The van der Waals surface area contributed by atoms with Gasteiger partial charge in [0.15, 0.2) is 0 Å². The number of anilines is 1. The summed E-state index contributed by atoms with van der Waals surface area (Å²) in [6, 6.07) is 27.9. The van der Waals surface area contributed by atoms with E-state index < -0.39 is 33.4 Å². The van der Waals surface area contributed by atoms with Gasteiger partial charge in [0.25, 0.3) is 15.7 Å². The van der Waals surface area contributed by atoms with E-state index in [9.17, 15) is 28.1 Å². The monoisotopic (exact) mass is 688 g/mol. The van der Waals surface area contributed by atoms with Gasteiger partial charge in [0.2, 0.25) is 11.8 Å². The zero-order valence-corrected chi connectivity index (χ0v) is 27.9. The van der Waals surface area contributed by atoms with Crippen molar-refractivity contribution in [3.63, 3.8) is 0 Å². The number of hydrogen-bond donors (Lipinski definition) is 1. The van der Waals surface area contributed by atoms with Crippen LogP contribution in [0.25, 0.3) is 0 Å². The van der Waals surface area contributed by atoms with Crippen LogP contribution in [-0.4, -0.2) is 48.7 Å². The smallest absolute Gasteiger partial charge is 0.271 e. The van der Waals surface area contributed by atoms with Crippen molar-refractivity contribution in [1.29, 1.82) is 0 Å². The van der Waals surface area contributed by atoms with Crippen LogP contribution in [0.5, 0.6) is 0 Å². The highest BCUT2D eigenvalue weighted by molar-refractivity contribution is 7.92. The highest BCUT2D eigenvalue weighted by Crippen LogP contribution is 2.28. The van der Waals surface area contributed by atoms with Gasteiger partial charge in [0, 0.05) is 36.2 Å². The molecule has 0 spiro atoms. The van der Waals surface area contributed by atoms with Gasteiger partial charge in [-0.25, -0.2) is 8.42 Å². The first kappa shape index (κ1) is 34.6. The Labute approximate surface area is 285 Å². The number of nitro groups is 1. The van der Waals surface area contributed by atoms with E-state index in [1.54, 1.807) is 42.5 Å². The maximum atomic E-state index is 14.6. The fourth-order valence-corrected chi connectivity index (χ4v) is 7.45. The molecular weight excluding hydrogens is 652 g/mol. The number of carbonyl (C=O) groups excluding carboxylic acids is 2. The molecule has 2 amide bonds. The number of sulfonamides is 1. The number of halogens is 1. The quantitative estimate of drug-likeness (QED) is 0.126. The van der Waals surface area contributed by atoms with E-state index in [0.29, 0.717) is 10.6 Å². The molecule has 0 bridgehead atoms. The van der Waals surface area contributed by atoms with Crippen molar-refractivity contribution in [2.24, 2.45) is 0 Å². The second-order valence-corrected chi connectivity index (χ2v) is 14.1. The third-order valence-electron chi connectivity index (χ3n) is 8.43. The topological polar surface area (TPSA) is 130 Å². The Hall–Kier alpha value is -4.74. The highest BCUT2D eigenvalue weighted by atomic mass is 35.5. The molecule has 5 rings (SSSR count). The van der Waals surface area contributed by atoms with Crippen LogP contribution in [0, 0.1) is 10.1 Å². The molecular formula is C36H37ClN4O6S. The Balaban J connectivity index is 1.57. The van der Waals surface area contributed by atoms with Crippen molar-refractivity contribution in [1.82, 2.24) is 10.2 Å². The molecule has 250 valence electrons. The van der Waals surface area contributed by atoms with Crippen molar-refractivity contribution in [2.75, 3.05) is 10.8 Å². The van der Waals surface area contributed by atoms with E-state index >= 15 is 0 Å². The Bertz CT molecular complexity index is 1820. The third-order valence-corrected chi connectivity index (χ3v) is 10.5. The summed E-state index contributed by atoms with van der Waals surface area (Å²) >= 11 is 6.15.